The molecule has 3 N–H and O–H groups in total. The van der Waals surface area contributed by atoms with E-state index < -0.39 is 29.6 Å². The molecule has 1 rings (SSSR count). The number of urea groups is 1. The van der Waals surface area contributed by atoms with E-state index in [0.29, 0.717) is 4.88 Å². The van der Waals surface area contributed by atoms with Crippen molar-refractivity contribution in [2.24, 2.45) is 0 Å². The highest BCUT2D eigenvalue weighted by Gasteiger charge is 2.22. The number of ether oxygens (including phenoxy) is 1. The van der Waals surface area contributed by atoms with Crippen molar-refractivity contribution in [3.8, 4) is 0 Å². The summed E-state index contributed by atoms with van der Waals surface area (Å²) in [5, 5.41) is 9.02. The van der Waals surface area contributed by atoms with Gasteiger partial charge in [0.2, 0.25) is 0 Å². The number of hydrogen-bond acceptors (Lipinski definition) is 6. The number of imide groups is 1. The summed E-state index contributed by atoms with van der Waals surface area (Å²) in [6, 6.07) is 2.76. The van der Waals surface area contributed by atoms with Crippen molar-refractivity contribution >= 4 is 35.2 Å². The molecule has 0 radical (unpaired) electrons. The minimum absolute atomic E-state index is 0.0804. The second-order valence-electron chi connectivity index (χ2n) is 6.31. The topological polar surface area (TPSA) is 114 Å². The van der Waals surface area contributed by atoms with Crippen LogP contribution in [0.1, 0.15) is 43.8 Å². The maximum Gasteiger partial charge on any atom is 0.321 e. The standard InChI is InChI=1S/C16H23N3O5S/c1-10(13(21)18-15(23)19-16(2,3)4)24-12(20)7-8-17-14(22)11-6-5-9-25-11/h5-6,9-10H,7-8H2,1-4H3,(H,17,22)(H2,18,19,21,23). The van der Waals surface area contributed by atoms with E-state index in [1.807, 2.05) is 0 Å². The number of rotatable bonds is 6. The number of nitrogens with one attached hydrogen (secondary N) is 3. The van der Waals surface area contributed by atoms with Gasteiger partial charge in [-0.2, -0.15) is 0 Å². The fourth-order valence-corrected chi connectivity index (χ4v) is 2.31. The van der Waals surface area contributed by atoms with Crippen LogP contribution in [0.3, 0.4) is 0 Å². The first-order chi connectivity index (χ1) is 11.6. The summed E-state index contributed by atoms with van der Waals surface area (Å²) >= 11 is 1.29. The Balaban J connectivity index is 2.29. The van der Waals surface area contributed by atoms with Gasteiger partial charge in [0, 0.05) is 12.1 Å². The Bertz CT molecular complexity index is 622. The van der Waals surface area contributed by atoms with Gasteiger partial charge in [-0.15, -0.1) is 11.3 Å². The van der Waals surface area contributed by atoms with Gasteiger partial charge in [-0.05, 0) is 39.1 Å². The lowest BCUT2D eigenvalue weighted by molar-refractivity contribution is -0.154. The Morgan fingerprint density at radius 2 is 1.92 bits per heavy atom. The van der Waals surface area contributed by atoms with Crippen LogP contribution in [0.5, 0.6) is 0 Å². The summed E-state index contributed by atoms with van der Waals surface area (Å²) in [5.74, 6) is -1.64. The quantitative estimate of drug-likeness (QED) is 0.656. The molecule has 1 atom stereocenters. The zero-order valence-electron chi connectivity index (χ0n) is 14.7. The Morgan fingerprint density at radius 1 is 1.24 bits per heavy atom. The van der Waals surface area contributed by atoms with E-state index in [9.17, 15) is 19.2 Å². The zero-order valence-corrected chi connectivity index (χ0v) is 15.5. The lowest BCUT2D eigenvalue weighted by atomic mass is 10.1. The third-order valence-electron chi connectivity index (χ3n) is 2.76. The van der Waals surface area contributed by atoms with Gasteiger partial charge < -0.3 is 15.4 Å². The summed E-state index contributed by atoms with van der Waals surface area (Å²) in [7, 11) is 0. The predicted molar refractivity (Wildman–Crippen MR) is 93.3 cm³/mol. The van der Waals surface area contributed by atoms with Crippen LogP contribution in [-0.2, 0) is 14.3 Å². The summed E-state index contributed by atoms with van der Waals surface area (Å²) in [6.07, 6.45) is -1.20. The first-order valence-electron chi connectivity index (χ1n) is 7.72. The molecule has 0 bridgehead atoms. The molecule has 1 aromatic heterocycles. The van der Waals surface area contributed by atoms with Gasteiger partial charge in [0.15, 0.2) is 6.10 Å². The molecule has 1 aromatic rings. The number of thiophene rings is 1. The van der Waals surface area contributed by atoms with E-state index in [-0.39, 0.29) is 18.9 Å². The number of hydrogen-bond donors (Lipinski definition) is 3. The number of carbonyl (C=O) groups is 4. The van der Waals surface area contributed by atoms with Crippen LogP contribution >= 0.6 is 11.3 Å². The third kappa shape index (κ3) is 8.30. The Labute approximate surface area is 150 Å². The Kier molecular flexibility index (Phi) is 7.56. The smallest absolute Gasteiger partial charge is 0.321 e. The van der Waals surface area contributed by atoms with E-state index in [4.69, 9.17) is 4.74 Å². The first-order valence-corrected chi connectivity index (χ1v) is 8.60. The molecule has 0 aliphatic carbocycles. The minimum Gasteiger partial charge on any atom is -0.452 e. The van der Waals surface area contributed by atoms with Crippen LogP contribution in [0, 0.1) is 0 Å². The molecule has 0 saturated carbocycles. The predicted octanol–water partition coefficient (Wildman–Crippen LogP) is 1.42. The average Bonchev–Trinajstić information content (AvgIpc) is 2.98. The van der Waals surface area contributed by atoms with Gasteiger partial charge in [-0.1, -0.05) is 6.07 Å². The molecule has 0 aromatic carbocycles. The highest BCUT2D eigenvalue weighted by molar-refractivity contribution is 7.12. The lowest BCUT2D eigenvalue weighted by Gasteiger charge is -2.21. The van der Waals surface area contributed by atoms with Crippen molar-refractivity contribution < 1.29 is 23.9 Å². The summed E-state index contributed by atoms with van der Waals surface area (Å²) in [4.78, 5) is 47.3. The van der Waals surface area contributed by atoms with E-state index in [2.05, 4.69) is 16.0 Å². The van der Waals surface area contributed by atoms with Crippen LogP contribution in [-0.4, -0.2) is 42.0 Å². The van der Waals surface area contributed by atoms with Crippen molar-refractivity contribution in [3.05, 3.63) is 22.4 Å². The number of amides is 4. The van der Waals surface area contributed by atoms with Gasteiger partial charge in [0.25, 0.3) is 11.8 Å². The van der Waals surface area contributed by atoms with Crippen molar-refractivity contribution in [2.45, 2.75) is 45.8 Å². The second-order valence-corrected chi connectivity index (χ2v) is 7.26. The lowest BCUT2D eigenvalue weighted by Crippen LogP contribution is -2.50. The molecule has 0 aliphatic heterocycles. The molecule has 9 heteroatoms. The Hall–Kier alpha value is -2.42. The van der Waals surface area contributed by atoms with Crippen LogP contribution in [0.15, 0.2) is 17.5 Å². The maximum absolute atomic E-state index is 11.8. The minimum atomic E-state index is -1.12. The molecule has 1 unspecified atom stereocenters. The maximum atomic E-state index is 11.8. The van der Waals surface area contributed by atoms with Gasteiger partial charge in [0.1, 0.15) is 0 Å². The monoisotopic (exact) mass is 369 g/mol. The second kappa shape index (κ2) is 9.16. The molecular formula is C16H23N3O5S. The summed E-state index contributed by atoms with van der Waals surface area (Å²) < 4.78 is 4.94. The fourth-order valence-electron chi connectivity index (χ4n) is 1.67. The van der Waals surface area contributed by atoms with E-state index in [0.717, 1.165) is 0 Å². The molecule has 0 aliphatic rings. The zero-order chi connectivity index (χ0) is 19.0. The molecule has 8 nitrogen and oxygen atoms in total. The normalized spacial score (nSPS) is 12.0. The molecule has 138 valence electrons. The van der Waals surface area contributed by atoms with Crippen LogP contribution in [0.4, 0.5) is 4.79 Å². The molecule has 25 heavy (non-hydrogen) atoms. The van der Waals surface area contributed by atoms with E-state index >= 15 is 0 Å². The van der Waals surface area contributed by atoms with Crippen molar-refractivity contribution in [1.82, 2.24) is 16.0 Å². The highest BCUT2D eigenvalue weighted by atomic mass is 32.1. The van der Waals surface area contributed by atoms with Gasteiger partial charge in [0.05, 0.1) is 11.3 Å². The Morgan fingerprint density at radius 3 is 2.48 bits per heavy atom. The first kappa shape index (κ1) is 20.6. The molecule has 0 spiro atoms. The number of carbonyl (C=O) groups excluding carboxylic acids is 4. The number of esters is 1. The molecule has 1 heterocycles. The van der Waals surface area contributed by atoms with Crippen molar-refractivity contribution in [1.29, 1.82) is 0 Å². The van der Waals surface area contributed by atoms with E-state index in [1.54, 1.807) is 38.3 Å². The summed E-state index contributed by atoms with van der Waals surface area (Å²) in [6.45, 7) is 6.76. The molecular weight excluding hydrogens is 346 g/mol. The molecule has 4 amide bonds. The average molecular weight is 369 g/mol. The van der Waals surface area contributed by atoms with E-state index in [1.165, 1.54) is 18.3 Å². The summed E-state index contributed by atoms with van der Waals surface area (Å²) in [5.41, 5.74) is -0.495. The molecule has 0 fully saturated rings. The van der Waals surface area contributed by atoms with Crippen molar-refractivity contribution in [2.75, 3.05) is 6.54 Å². The fraction of sp³-hybridized carbons (Fsp3) is 0.500. The van der Waals surface area contributed by atoms with Gasteiger partial charge in [-0.25, -0.2) is 4.79 Å². The SMILES string of the molecule is CC(OC(=O)CCNC(=O)c1cccs1)C(=O)NC(=O)NC(C)(C)C. The van der Waals surface area contributed by atoms with Gasteiger partial charge >= 0.3 is 12.0 Å². The largest absolute Gasteiger partial charge is 0.452 e. The van der Waals surface area contributed by atoms with Crippen LogP contribution < -0.4 is 16.0 Å². The van der Waals surface area contributed by atoms with Crippen LogP contribution in [0.25, 0.3) is 0 Å². The highest BCUT2D eigenvalue weighted by Crippen LogP contribution is 2.07. The van der Waals surface area contributed by atoms with Crippen molar-refractivity contribution in [3.63, 3.8) is 0 Å². The third-order valence-corrected chi connectivity index (χ3v) is 3.63. The molecule has 0 saturated heterocycles. The van der Waals surface area contributed by atoms with Crippen LogP contribution in [0.2, 0.25) is 0 Å². The van der Waals surface area contributed by atoms with Gasteiger partial charge in [-0.3, -0.25) is 19.7 Å².